The van der Waals surface area contributed by atoms with Crippen LogP contribution in [0.4, 0.5) is 4.39 Å². The number of nitrogens with zero attached hydrogens (tertiary/aromatic N) is 1. The number of rotatable bonds is 15. The summed E-state index contributed by atoms with van der Waals surface area (Å²) in [5.41, 5.74) is 21.0. The highest BCUT2D eigenvalue weighted by atomic mass is 19.1. The van der Waals surface area contributed by atoms with E-state index in [4.69, 9.17) is 5.73 Å². The molecule has 0 amide bonds. The summed E-state index contributed by atoms with van der Waals surface area (Å²) in [6, 6.07) is 5.61. The minimum Gasteiger partial charge on any atom is -0.397 e. The third-order valence-corrected chi connectivity index (χ3v) is 14.2. The SMILES string of the molecule is C1CC1.C=C.C=C(C)CC.C=C(C)N=C(CC)C(=C)NCc1ccc(F)c(CNC2=C(N)C(=C)C2=C)c1.C=C(CC)NC(C)C12CCC(C(=C)C)(CC1)CC2.CC.CC1C2=C(CC2)C1C. The number of nitrogens with one attached hydrogen (secondary N) is 3. The van der Waals surface area contributed by atoms with Crippen LogP contribution in [0.2, 0.25) is 0 Å². The zero-order chi connectivity index (χ0) is 49.7. The molecule has 0 saturated heterocycles. The second-order valence-electron chi connectivity index (χ2n) is 18.7. The third kappa shape index (κ3) is 17.0. The molecule has 8 rings (SSSR count). The maximum absolute atomic E-state index is 14.1. The Morgan fingerprint density at radius 3 is 1.68 bits per heavy atom. The summed E-state index contributed by atoms with van der Waals surface area (Å²) in [6.07, 6.45) is 18.4. The van der Waals surface area contributed by atoms with E-state index in [9.17, 15) is 4.39 Å². The van der Waals surface area contributed by atoms with E-state index in [1.165, 1.54) is 93.5 Å². The smallest absolute Gasteiger partial charge is 0.128 e. The summed E-state index contributed by atoms with van der Waals surface area (Å²) in [5.74, 6) is 1.61. The molecule has 6 heteroatoms. The Labute approximate surface area is 399 Å². The van der Waals surface area contributed by atoms with Crippen LogP contribution in [-0.4, -0.2) is 11.8 Å². The van der Waals surface area contributed by atoms with Crippen molar-refractivity contribution >= 4 is 5.71 Å². The number of nitrogens with two attached hydrogens (primary N) is 1. The van der Waals surface area contributed by atoms with Gasteiger partial charge in [-0.15, -0.1) is 19.7 Å². The lowest BCUT2D eigenvalue weighted by molar-refractivity contribution is -0.00695. The first-order valence-corrected chi connectivity index (χ1v) is 24.8. The van der Waals surface area contributed by atoms with Gasteiger partial charge in [-0.25, -0.2) is 4.39 Å². The van der Waals surface area contributed by atoms with Gasteiger partial charge in [-0.3, -0.25) is 4.99 Å². The lowest BCUT2D eigenvalue weighted by Gasteiger charge is -2.56. The molecule has 65 heavy (non-hydrogen) atoms. The second-order valence-corrected chi connectivity index (χ2v) is 18.7. The van der Waals surface area contributed by atoms with Crippen molar-refractivity contribution in [1.82, 2.24) is 16.0 Å². The van der Waals surface area contributed by atoms with Crippen LogP contribution in [0.15, 0.2) is 144 Å². The van der Waals surface area contributed by atoms with Crippen LogP contribution >= 0.6 is 0 Å². The van der Waals surface area contributed by atoms with Crippen molar-refractivity contribution in [2.75, 3.05) is 0 Å². The number of aliphatic imine (C=N–C) groups is 1. The quantitative estimate of drug-likeness (QED) is 0.105. The summed E-state index contributed by atoms with van der Waals surface area (Å²) in [6.45, 7) is 57.8. The molecule has 3 unspecified atom stereocenters. The number of fused-ring (bicyclic) bond motifs is 3. The molecule has 0 heterocycles. The summed E-state index contributed by atoms with van der Waals surface area (Å²) in [4.78, 5) is 4.38. The lowest BCUT2D eigenvalue weighted by Crippen LogP contribution is -2.51. The molecule has 5 nitrogen and oxygen atoms in total. The van der Waals surface area contributed by atoms with Gasteiger partial charge in [0.25, 0.3) is 0 Å². The van der Waals surface area contributed by atoms with Gasteiger partial charge in [0, 0.05) is 52.9 Å². The van der Waals surface area contributed by atoms with Crippen molar-refractivity contribution in [1.29, 1.82) is 0 Å². The predicted octanol–water partition coefficient (Wildman–Crippen LogP) is 16.3. The van der Waals surface area contributed by atoms with Gasteiger partial charge in [-0.05, 0) is 139 Å². The Morgan fingerprint density at radius 2 is 1.31 bits per heavy atom. The van der Waals surface area contributed by atoms with Crippen LogP contribution in [-0.2, 0) is 13.1 Å². The molecule has 0 radical (unpaired) electrons. The molecule has 1 aromatic carbocycles. The van der Waals surface area contributed by atoms with Gasteiger partial charge in [0.2, 0.25) is 0 Å². The molecule has 0 aromatic heterocycles. The fraction of sp³-hybridized carbons (Fsp3) is 0.542. The fourth-order valence-corrected chi connectivity index (χ4v) is 8.75. The van der Waals surface area contributed by atoms with Gasteiger partial charge in [-0.1, -0.05) is 136 Å². The van der Waals surface area contributed by atoms with Gasteiger partial charge in [-0.2, -0.15) is 0 Å². The first kappa shape index (κ1) is 58.4. The summed E-state index contributed by atoms with van der Waals surface area (Å²) in [7, 11) is 0. The largest absolute Gasteiger partial charge is 0.397 e. The van der Waals surface area contributed by atoms with E-state index in [2.05, 4.69) is 122 Å². The number of halogens is 1. The Bertz CT molecular complexity index is 1870. The van der Waals surface area contributed by atoms with Gasteiger partial charge in [0.05, 0.1) is 17.1 Å². The molecular formula is C59H94FN5. The van der Waals surface area contributed by atoms with E-state index in [1.54, 1.807) is 17.2 Å². The van der Waals surface area contributed by atoms with E-state index < -0.39 is 0 Å². The van der Waals surface area contributed by atoms with E-state index in [0.29, 0.717) is 41.2 Å². The van der Waals surface area contributed by atoms with Crippen molar-refractivity contribution in [3.05, 3.63) is 156 Å². The van der Waals surface area contributed by atoms with Gasteiger partial charge >= 0.3 is 0 Å². The molecule has 4 saturated carbocycles. The molecule has 3 atom stereocenters. The molecule has 0 aliphatic heterocycles. The molecule has 7 aliphatic carbocycles. The minimum absolute atomic E-state index is 0.272. The van der Waals surface area contributed by atoms with Crippen molar-refractivity contribution in [3.8, 4) is 0 Å². The molecule has 7 aliphatic rings. The van der Waals surface area contributed by atoms with Gasteiger partial charge in [0.15, 0.2) is 0 Å². The zero-order valence-corrected chi connectivity index (χ0v) is 43.5. The second kappa shape index (κ2) is 28.5. The van der Waals surface area contributed by atoms with Crippen molar-refractivity contribution in [2.45, 2.75) is 185 Å². The zero-order valence-electron chi connectivity index (χ0n) is 43.5. The molecule has 0 spiro atoms. The highest BCUT2D eigenvalue weighted by Gasteiger charge is 2.51. The summed E-state index contributed by atoms with van der Waals surface area (Å²) < 4.78 is 14.1. The summed E-state index contributed by atoms with van der Waals surface area (Å²) in [5, 5.41) is 10.0. The monoisotopic (exact) mass is 892 g/mol. The lowest BCUT2D eigenvalue weighted by atomic mass is 9.50. The Hall–Kier alpha value is -4.58. The van der Waals surface area contributed by atoms with Crippen LogP contribution in [0, 0.1) is 28.5 Å². The van der Waals surface area contributed by atoms with E-state index >= 15 is 0 Å². The maximum Gasteiger partial charge on any atom is 0.128 e. The maximum atomic E-state index is 14.1. The summed E-state index contributed by atoms with van der Waals surface area (Å²) >= 11 is 0. The fourth-order valence-electron chi connectivity index (χ4n) is 8.75. The normalized spacial score (nSPS) is 23.0. The van der Waals surface area contributed by atoms with Crippen LogP contribution in [0.1, 0.15) is 177 Å². The van der Waals surface area contributed by atoms with Crippen molar-refractivity contribution in [3.63, 3.8) is 0 Å². The number of allylic oxidation sites excluding steroid dienone is 9. The van der Waals surface area contributed by atoms with Crippen molar-refractivity contribution in [2.24, 2.45) is 33.4 Å². The highest BCUT2D eigenvalue weighted by molar-refractivity contribution is 5.99. The molecule has 2 bridgehead atoms. The standard InChI is InChI=1S/C22H27FN4.C17H29N.C8H12.C5H10.C3H6.C2H6.C2H4/c1-7-20(27-13(2)3)16(6)25-11-17-8-9-19(23)18(10-17)12-26-22-15(5)14(4)21(22)24;1-6-14(4)18-15(5)17-10-7-16(8-11-17,9-12-17)13(2)3;1-5-6(2)8-4-3-7(5)8;1-4-5(2)3;1-2-3-1;2*1-2/h8-10,25-26H,2,4-7,11-12,24H2,1,3H3;15,18H,2,4,6-12H2,1,3,5H3;5-6H,3-4H2,1-2H3;2,4H2,1,3H3;1-3H2;1-2H3;1-2H2. The molecule has 1 aromatic rings. The average Bonchev–Trinajstić information content (AvgIpc) is 4.20. The Kier molecular flexibility index (Phi) is 25.6. The molecule has 362 valence electrons. The van der Waals surface area contributed by atoms with E-state index in [0.717, 1.165) is 70.6 Å². The topological polar surface area (TPSA) is 74.5 Å². The van der Waals surface area contributed by atoms with E-state index in [-0.39, 0.29) is 5.82 Å². The Morgan fingerprint density at radius 1 is 0.800 bits per heavy atom. The average molecular weight is 892 g/mol. The number of hydrogen-bond acceptors (Lipinski definition) is 5. The molecule has 4 fully saturated rings. The predicted molar refractivity (Wildman–Crippen MR) is 287 cm³/mol. The van der Waals surface area contributed by atoms with E-state index in [1.807, 2.05) is 40.7 Å². The van der Waals surface area contributed by atoms with Crippen LogP contribution in [0.25, 0.3) is 0 Å². The van der Waals surface area contributed by atoms with Crippen LogP contribution in [0.3, 0.4) is 0 Å². The highest BCUT2D eigenvalue weighted by Crippen LogP contribution is 2.60. The van der Waals surface area contributed by atoms with Gasteiger partial charge in [0.1, 0.15) is 5.82 Å². The van der Waals surface area contributed by atoms with Crippen LogP contribution in [0.5, 0.6) is 0 Å². The first-order chi connectivity index (χ1) is 30.8. The van der Waals surface area contributed by atoms with Crippen molar-refractivity contribution < 1.29 is 4.39 Å². The first-order valence-electron chi connectivity index (χ1n) is 24.8. The molecular weight excluding hydrogens is 798 g/mol. The number of hydrogen-bond donors (Lipinski definition) is 4. The Balaban J connectivity index is 0.000000470. The van der Waals surface area contributed by atoms with Crippen LogP contribution < -0.4 is 21.7 Å². The van der Waals surface area contributed by atoms with Gasteiger partial charge < -0.3 is 21.7 Å². The molecule has 5 N–H and O–H groups in total. The minimum atomic E-state index is -0.272. The third-order valence-electron chi connectivity index (χ3n) is 14.2. The number of benzene rings is 1.